The molecule has 90 valence electrons. The highest BCUT2D eigenvalue weighted by atomic mass is 79.9. The fourth-order valence-corrected chi connectivity index (χ4v) is 4.46. The molecule has 1 aliphatic carbocycles. The van der Waals surface area contributed by atoms with Gasteiger partial charge in [-0.05, 0) is 53.2 Å². The van der Waals surface area contributed by atoms with Gasteiger partial charge in [0.05, 0.1) is 0 Å². The van der Waals surface area contributed by atoms with Crippen LogP contribution in [0.1, 0.15) is 49.4 Å². The van der Waals surface area contributed by atoms with Crippen molar-refractivity contribution >= 4 is 27.3 Å². The van der Waals surface area contributed by atoms with Crippen molar-refractivity contribution in [3.8, 4) is 0 Å². The third-order valence-electron chi connectivity index (χ3n) is 3.65. The van der Waals surface area contributed by atoms with Crippen molar-refractivity contribution in [1.82, 2.24) is 5.32 Å². The molecule has 1 heterocycles. The highest BCUT2D eigenvalue weighted by Crippen LogP contribution is 2.35. The molecule has 1 aliphatic rings. The Hall–Kier alpha value is 0.140. The Morgan fingerprint density at radius 3 is 2.81 bits per heavy atom. The fraction of sp³-hybridized carbons (Fsp3) is 0.692. The maximum atomic E-state index is 3.63. The van der Waals surface area contributed by atoms with E-state index in [0.29, 0.717) is 6.04 Å². The van der Waals surface area contributed by atoms with Gasteiger partial charge in [-0.25, -0.2) is 0 Å². The van der Waals surface area contributed by atoms with Crippen LogP contribution in [0.5, 0.6) is 0 Å². The molecule has 3 heteroatoms. The molecule has 0 bridgehead atoms. The van der Waals surface area contributed by atoms with Gasteiger partial charge in [0.25, 0.3) is 0 Å². The van der Waals surface area contributed by atoms with Gasteiger partial charge in [0, 0.05) is 15.4 Å². The summed E-state index contributed by atoms with van der Waals surface area (Å²) in [4.78, 5) is 1.46. The highest BCUT2D eigenvalue weighted by Gasteiger charge is 2.19. The van der Waals surface area contributed by atoms with Crippen LogP contribution in [-0.4, -0.2) is 7.05 Å². The molecule has 0 aliphatic heterocycles. The van der Waals surface area contributed by atoms with Gasteiger partial charge >= 0.3 is 0 Å². The zero-order chi connectivity index (χ0) is 11.4. The molecule has 0 spiro atoms. The number of hydrogen-bond donors (Lipinski definition) is 1. The molecular weight excluding hydrogens is 282 g/mol. The van der Waals surface area contributed by atoms with Gasteiger partial charge in [-0.3, -0.25) is 0 Å². The lowest BCUT2D eigenvalue weighted by molar-refractivity contribution is 0.430. The van der Waals surface area contributed by atoms with Crippen molar-refractivity contribution in [2.24, 2.45) is 5.92 Å². The Morgan fingerprint density at radius 1 is 1.50 bits per heavy atom. The molecule has 1 aromatic rings. The minimum atomic E-state index is 0.537. The van der Waals surface area contributed by atoms with E-state index in [0.717, 1.165) is 5.92 Å². The van der Waals surface area contributed by atoms with E-state index in [2.05, 4.69) is 39.7 Å². The minimum Gasteiger partial charge on any atom is -0.312 e. The van der Waals surface area contributed by atoms with Crippen LogP contribution in [0.15, 0.2) is 15.9 Å². The lowest BCUT2D eigenvalue weighted by Crippen LogP contribution is -2.16. The molecule has 0 saturated heterocycles. The van der Waals surface area contributed by atoms with Crippen LogP contribution in [0.4, 0.5) is 0 Å². The summed E-state index contributed by atoms with van der Waals surface area (Å²) < 4.78 is 1.27. The molecule has 1 aromatic heterocycles. The second-order valence-electron chi connectivity index (χ2n) is 4.70. The van der Waals surface area contributed by atoms with Gasteiger partial charge in [0.2, 0.25) is 0 Å². The van der Waals surface area contributed by atoms with E-state index >= 15 is 0 Å². The molecule has 1 saturated carbocycles. The molecular formula is C13H20BrNS. The molecule has 1 nitrogen and oxygen atoms in total. The minimum absolute atomic E-state index is 0.537. The van der Waals surface area contributed by atoms with Gasteiger partial charge in [-0.15, -0.1) is 11.3 Å². The Morgan fingerprint density at radius 2 is 2.25 bits per heavy atom. The zero-order valence-corrected chi connectivity index (χ0v) is 12.2. The normalized spacial score (nSPS) is 19.1. The van der Waals surface area contributed by atoms with E-state index in [4.69, 9.17) is 0 Å². The monoisotopic (exact) mass is 301 g/mol. The second-order valence-corrected chi connectivity index (χ2v) is 6.50. The predicted molar refractivity (Wildman–Crippen MR) is 75.0 cm³/mol. The number of thiophene rings is 1. The Labute approximate surface area is 111 Å². The summed E-state index contributed by atoms with van der Waals surface area (Å²) in [5.74, 6) is 0.995. The van der Waals surface area contributed by atoms with E-state index in [1.807, 2.05) is 11.3 Å². The molecule has 1 atom stereocenters. The van der Waals surface area contributed by atoms with Crippen LogP contribution in [0.25, 0.3) is 0 Å². The molecule has 1 fully saturated rings. The van der Waals surface area contributed by atoms with E-state index in [1.54, 1.807) is 0 Å². The molecule has 0 aromatic carbocycles. The highest BCUT2D eigenvalue weighted by molar-refractivity contribution is 9.10. The van der Waals surface area contributed by atoms with Gasteiger partial charge in [0.15, 0.2) is 0 Å². The third kappa shape index (κ3) is 3.08. The van der Waals surface area contributed by atoms with Crippen LogP contribution < -0.4 is 5.32 Å². The maximum Gasteiger partial charge on any atom is 0.0423 e. The number of halogens is 1. The third-order valence-corrected chi connectivity index (χ3v) is 5.63. The van der Waals surface area contributed by atoms with E-state index in [1.165, 1.54) is 47.9 Å². The summed E-state index contributed by atoms with van der Waals surface area (Å²) in [6, 6.07) is 2.69. The Kier molecular flexibility index (Phi) is 4.86. The average Bonchev–Trinajstić information content (AvgIpc) is 2.92. The van der Waals surface area contributed by atoms with Gasteiger partial charge < -0.3 is 5.32 Å². The second kappa shape index (κ2) is 6.18. The van der Waals surface area contributed by atoms with E-state index in [-0.39, 0.29) is 0 Å². The lowest BCUT2D eigenvalue weighted by atomic mass is 9.98. The fourth-order valence-electron chi connectivity index (χ4n) is 2.66. The molecule has 0 radical (unpaired) electrons. The zero-order valence-electron chi connectivity index (χ0n) is 9.84. The maximum absolute atomic E-state index is 3.63. The van der Waals surface area contributed by atoms with Crippen molar-refractivity contribution in [2.45, 2.75) is 44.6 Å². The largest absolute Gasteiger partial charge is 0.312 e. The van der Waals surface area contributed by atoms with Crippen LogP contribution >= 0.6 is 27.3 Å². The summed E-state index contributed by atoms with van der Waals surface area (Å²) >= 11 is 5.49. The number of hydrogen-bond acceptors (Lipinski definition) is 2. The molecule has 2 rings (SSSR count). The van der Waals surface area contributed by atoms with Crippen molar-refractivity contribution < 1.29 is 0 Å². The van der Waals surface area contributed by atoms with Crippen molar-refractivity contribution in [3.63, 3.8) is 0 Å². The quantitative estimate of drug-likeness (QED) is 0.828. The topological polar surface area (TPSA) is 12.0 Å². The number of nitrogens with one attached hydrogen (secondary N) is 1. The Balaban J connectivity index is 1.88. The van der Waals surface area contributed by atoms with E-state index in [9.17, 15) is 0 Å². The van der Waals surface area contributed by atoms with Gasteiger partial charge in [-0.2, -0.15) is 0 Å². The van der Waals surface area contributed by atoms with Crippen LogP contribution in [0, 0.1) is 5.92 Å². The molecule has 1 N–H and O–H groups in total. The van der Waals surface area contributed by atoms with Gasteiger partial charge in [-0.1, -0.05) is 25.7 Å². The smallest absolute Gasteiger partial charge is 0.0423 e. The first-order chi connectivity index (χ1) is 7.81. The summed E-state index contributed by atoms with van der Waals surface area (Å²) in [6.07, 6.45) is 8.50. The molecule has 1 unspecified atom stereocenters. The summed E-state index contributed by atoms with van der Waals surface area (Å²) in [5.41, 5.74) is 0. The lowest BCUT2D eigenvalue weighted by Gasteiger charge is -2.17. The number of rotatable bonds is 5. The van der Waals surface area contributed by atoms with Crippen LogP contribution in [0.2, 0.25) is 0 Å². The first-order valence-electron chi connectivity index (χ1n) is 6.21. The van der Waals surface area contributed by atoms with Gasteiger partial charge in [0.1, 0.15) is 0 Å². The van der Waals surface area contributed by atoms with Crippen LogP contribution in [0.3, 0.4) is 0 Å². The first kappa shape index (κ1) is 12.6. The molecule has 0 amide bonds. The predicted octanol–water partition coefficient (Wildman–Crippen LogP) is 4.74. The summed E-state index contributed by atoms with van der Waals surface area (Å²) in [6.45, 7) is 0. The van der Waals surface area contributed by atoms with Crippen molar-refractivity contribution in [2.75, 3.05) is 7.05 Å². The van der Waals surface area contributed by atoms with Crippen LogP contribution in [-0.2, 0) is 0 Å². The first-order valence-corrected chi connectivity index (χ1v) is 7.88. The van der Waals surface area contributed by atoms with E-state index < -0.39 is 0 Å². The average molecular weight is 302 g/mol. The SMILES string of the molecule is CNC(CCC1CCCC1)c1sccc1Br. The summed E-state index contributed by atoms with van der Waals surface area (Å²) in [5, 5.41) is 5.62. The van der Waals surface area contributed by atoms with Crippen molar-refractivity contribution in [3.05, 3.63) is 20.8 Å². The van der Waals surface area contributed by atoms with Crippen molar-refractivity contribution in [1.29, 1.82) is 0 Å². The molecule has 16 heavy (non-hydrogen) atoms. The summed E-state index contributed by atoms with van der Waals surface area (Å²) in [7, 11) is 2.07. The Bertz CT molecular complexity index is 317. The standard InChI is InChI=1S/C13H20BrNS/c1-15-12(13-11(14)8-9-16-13)7-6-10-4-2-3-5-10/h8-10,12,15H,2-7H2,1H3.